The maximum absolute atomic E-state index is 14.0. The summed E-state index contributed by atoms with van der Waals surface area (Å²) in [7, 11) is 1.43. The Morgan fingerprint density at radius 1 is 0.783 bits per heavy atom. The number of methoxy groups -OCH3 is 1. The fraction of sp³-hybridized carbons (Fsp3) is 0.0909. The fourth-order valence-electron chi connectivity index (χ4n) is 6.77. The van der Waals surface area contributed by atoms with Crippen molar-refractivity contribution in [3.05, 3.63) is 164 Å². The number of aliphatic hydroxyl groups is 1. The quantitative estimate of drug-likeness (QED) is 0.0597. The van der Waals surface area contributed by atoms with Crippen molar-refractivity contribution in [2.75, 3.05) is 17.7 Å². The Hall–Kier alpha value is -9.98. The Kier molecular flexibility index (Phi) is 12.3. The molecule has 2 unspecified atom stereocenters. The molecule has 0 radical (unpaired) electrons. The van der Waals surface area contributed by atoms with Gasteiger partial charge < -0.3 is 30.4 Å². The molecule has 5 N–H and O–H groups in total. The molecular weight excluding hydrogens is 909 g/mol. The third kappa shape index (κ3) is 8.90. The lowest BCUT2D eigenvalue weighted by molar-refractivity contribution is -0.118. The molecule has 0 spiro atoms. The number of hydrogen-bond donors (Lipinski definition) is 5. The minimum atomic E-state index is -1.61. The molecule has 24 nitrogen and oxygen atoms in total. The molecule has 5 heterocycles. The molecule has 0 saturated heterocycles. The number of fused-ring (bicyclic) bond motifs is 2. The van der Waals surface area contributed by atoms with Gasteiger partial charge in [-0.3, -0.25) is 19.2 Å². The number of carbonyl (C=O) groups excluding carboxylic acids is 2. The van der Waals surface area contributed by atoms with E-state index in [0.717, 1.165) is 20.7 Å². The second kappa shape index (κ2) is 19.2. The van der Waals surface area contributed by atoms with Crippen LogP contribution in [0.4, 0.5) is 28.7 Å². The number of hydrogen-bond acceptors (Lipinski definition) is 18. The van der Waals surface area contributed by atoms with Gasteiger partial charge in [0, 0.05) is 11.3 Å². The molecule has 0 aliphatic heterocycles. The van der Waals surface area contributed by atoms with Gasteiger partial charge in [0.25, 0.3) is 28.6 Å². The van der Waals surface area contributed by atoms with E-state index in [2.05, 4.69) is 76.3 Å². The summed E-state index contributed by atoms with van der Waals surface area (Å²) in [5.41, 5.74) is 0.240. The lowest BCUT2D eigenvalue weighted by Crippen LogP contribution is -2.24. The number of nitriles is 1. The molecule has 338 valence electrons. The van der Waals surface area contributed by atoms with Crippen molar-refractivity contribution in [3.63, 3.8) is 0 Å². The first-order valence-corrected chi connectivity index (χ1v) is 21.0. The number of anilines is 2. The summed E-state index contributed by atoms with van der Waals surface area (Å²) in [4.78, 5) is 72.1. The number of benzene rings is 4. The maximum atomic E-state index is 14.0. The van der Waals surface area contributed by atoms with Crippen LogP contribution < -0.4 is 26.5 Å². The van der Waals surface area contributed by atoms with Crippen LogP contribution in [0.3, 0.4) is 0 Å². The average molecular weight is 939 g/mol. The van der Waals surface area contributed by atoms with E-state index in [1.165, 1.54) is 19.5 Å². The highest BCUT2D eigenvalue weighted by Crippen LogP contribution is 2.35. The van der Waals surface area contributed by atoms with E-state index in [1.807, 2.05) is 6.07 Å². The number of amides is 2. The highest BCUT2D eigenvalue weighted by Gasteiger charge is 2.28. The molecular formula is C44H30N18O6S. The highest BCUT2D eigenvalue weighted by atomic mass is 32.1. The van der Waals surface area contributed by atoms with Crippen molar-refractivity contribution < 1.29 is 19.4 Å². The van der Waals surface area contributed by atoms with E-state index >= 15 is 0 Å². The monoisotopic (exact) mass is 938 g/mol. The Balaban J connectivity index is 1.07. The molecule has 4 aromatic carbocycles. The number of aromatic nitrogens is 10. The first kappa shape index (κ1) is 44.2. The Labute approximate surface area is 390 Å². The molecule has 9 aromatic rings. The number of aliphatic hydroxyl groups excluding tert-OH is 1. The number of H-pyrrole nitrogens is 2. The molecule has 0 saturated carbocycles. The van der Waals surface area contributed by atoms with Crippen molar-refractivity contribution in [3.8, 4) is 22.1 Å². The van der Waals surface area contributed by atoms with Crippen LogP contribution in [0.2, 0.25) is 0 Å². The number of rotatable bonds is 14. The van der Waals surface area contributed by atoms with E-state index < -0.39 is 35.0 Å². The number of nitrogens with zero attached hydrogens (tertiary/aromatic N) is 14. The molecule has 9 rings (SSSR count). The molecule has 0 aliphatic carbocycles. The van der Waals surface area contributed by atoms with Crippen LogP contribution >= 0.6 is 11.3 Å². The zero-order valence-corrected chi connectivity index (χ0v) is 36.2. The van der Waals surface area contributed by atoms with Gasteiger partial charge in [0.2, 0.25) is 22.3 Å². The number of nitrogens with one attached hydrogen (secondary N) is 4. The number of ether oxygens (including phenoxy) is 1. The number of carbonyl (C=O) groups is 2. The zero-order valence-electron chi connectivity index (χ0n) is 35.4. The van der Waals surface area contributed by atoms with E-state index in [1.54, 1.807) is 97.1 Å². The fourth-order valence-corrected chi connectivity index (χ4v) is 7.53. The maximum Gasteiger partial charge on any atom is 0.259 e. The molecule has 0 fully saturated rings. The summed E-state index contributed by atoms with van der Waals surface area (Å²) in [6.07, 6.45) is 2.38. The van der Waals surface area contributed by atoms with Crippen LogP contribution in [0.15, 0.2) is 140 Å². The number of azo groups is 2. The Bertz CT molecular complexity index is 3490. The molecule has 0 aliphatic rings. The van der Waals surface area contributed by atoms with Crippen molar-refractivity contribution >= 4 is 73.7 Å². The first-order valence-electron chi connectivity index (χ1n) is 20.2. The normalized spacial score (nSPS) is 12.2. The predicted molar refractivity (Wildman–Crippen MR) is 247 cm³/mol. The van der Waals surface area contributed by atoms with Crippen molar-refractivity contribution in [2.24, 2.45) is 20.5 Å². The molecule has 69 heavy (non-hydrogen) atoms. The van der Waals surface area contributed by atoms with Crippen LogP contribution in [0, 0.1) is 17.9 Å². The van der Waals surface area contributed by atoms with Gasteiger partial charge in [-0.15, -0.1) is 20.4 Å². The average Bonchev–Trinajstić information content (AvgIpc) is 4.13. The highest BCUT2D eigenvalue weighted by molar-refractivity contribution is 7.16. The van der Waals surface area contributed by atoms with Crippen molar-refractivity contribution in [2.45, 2.75) is 18.7 Å². The van der Waals surface area contributed by atoms with Gasteiger partial charge in [-0.2, -0.15) is 35.1 Å². The SMILES string of the molecule is [C-]#[N+]c1cnn(-c2nnc(-n3ncc(C#N)c3N=NC(C(=O)Nc3ccccc3OC)c3nc4ccccc4c(=O)[nH]3)s2)c1N=NC(C(=O)Nc1ccccc1CO)c1nc2ccccc2c(=O)[nH]1. The number of aromatic amines is 2. The summed E-state index contributed by atoms with van der Waals surface area (Å²) in [5.74, 6) is -1.93. The minimum absolute atomic E-state index is 0.00728. The summed E-state index contributed by atoms with van der Waals surface area (Å²) in [6.45, 7) is 7.46. The van der Waals surface area contributed by atoms with Gasteiger partial charge in [0.15, 0.2) is 11.6 Å². The Morgan fingerprint density at radius 3 is 1.90 bits per heavy atom. The lowest BCUT2D eigenvalue weighted by atomic mass is 10.1. The van der Waals surface area contributed by atoms with Gasteiger partial charge in [-0.25, -0.2) is 14.8 Å². The van der Waals surface area contributed by atoms with Crippen molar-refractivity contribution in [1.29, 1.82) is 5.26 Å². The Morgan fingerprint density at radius 2 is 1.30 bits per heavy atom. The van der Waals surface area contributed by atoms with Gasteiger partial charge in [0.1, 0.15) is 29.0 Å². The summed E-state index contributed by atoms with van der Waals surface area (Å²) in [5, 5.41) is 60.2. The lowest BCUT2D eigenvalue weighted by Gasteiger charge is -2.14. The summed E-state index contributed by atoms with van der Waals surface area (Å²) < 4.78 is 7.65. The molecule has 5 aromatic heterocycles. The van der Waals surface area contributed by atoms with Gasteiger partial charge in [-0.1, -0.05) is 65.9 Å². The van der Waals surface area contributed by atoms with Gasteiger partial charge >= 0.3 is 0 Å². The second-order valence-corrected chi connectivity index (χ2v) is 15.3. The molecule has 0 bridgehead atoms. The zero-order chi connectivity index (χ0) is 48.0. The van der Waals surface area contributed by atoms with E-state index in [4.69, 9.17) is 11.3 Å². The molecule has 2 atom stereocenters. The predicted octanol–water partition coefficient (Wildman–Crippen LogP) is 6.23. The standard InChI is InChI=1S/C44H30N18O6S/c1-46-31-21-48-62(38(31)58-56-33(41(66)51-27-14-6-3-11-23(27)22-63)35-49-28-15-7-4-12-25(28)39(64)53-35)44-60-59-43(69-44)61-37(24(19-45)20-47-61)57-55-34(42(67)52-30-17-9-10-18-32(30)68-2)36-50-29-16-8-5-13-26(29)40(65)54-36/h3-18,20-21,33-34,63H,22H2,2H3,(H,51,66)(H,52,67)(H,49,53,64)(H,50,54,65). The van der Waals surface area contributed by atoms with Crippen LogP contribution in [0.1, 0.15) is 34.9 Å². The van der Waals surface area contributed by atoms with E-state index in [0.29, 0.717) is 17.0 Å². The second-order valence-electron chi connectivity index (χ2n) is 14.3. The smallest absolute Gasteiger partial charge is 0.259 e. The number of para-hydroxylation sites is 5. The minimum Gasteiger partial charge on any atom is -0.495 e. The van der Waals surface area contributed by atoms with Crippen LogP contribution in [0.5, 0.6) is 5.75 Å². The summed E-state index contributed by atoms with van der Waals surface area (Å²) >= 11 is 0.855. The van der Waals surface area contributed by atoms with Crippen LogP contribution in [-0.2, 0) is 16.2 Å². The first-order chi connectivity index (χ1) is 33.7. The van der Waals surface area contributed by atoms with E-state index in [9.17, 15) is 29.5 Å². The van der Waals surface area contributed by atoms with E-state index in [-0.39, 0.29) is 78.9 Å². The van der Waals surface area contributed by atoms with Crippen LogP contribution in [-0.4, -0.2) is 73.7 Å². The topological polar surface area (TPSA) is 318 Å². The molecule has 2 amide bonds. The van der Waals surface area contributed by atoms with Crippen molar-refractivity contribution in [1.82, 2.24) is 49.7 Å². The summed E-state index contributed by atoms with van der Waals surface area (Å²) in [6, 6.07) is 25.0. The molecule has 25 heteroatoms. The third-order valence-corrected chi connectivity index (χ3v) is 11.0. The van der Waals surface area contributed by atoms with Gasteiger partial charge in [0.05, 0.1) is 60.2 Å². The van der Waals surface area contributed by atoms with Crippen LogP contribution in [0.25, 0.3) is 36.9 Å². The largest absolute Gasteiger partial charge is 0.495 e. The van der Waals surface area contributed by atoms with Gasteiger partial charge in [-0.05, 0) is 42.5 Å². The third-order valence-electron chi connectivity index (χ3n) is 10.1.